The fourth-order valence-corrected chi connectivity index (χ4v) is 4.07. The molecule has 0 bridgehead atoms. The minimum atomic E-state index is -0.292. The fourth-order valence-electron chi connectivity index (χ4n) is 4.07. The van der Waals surface area contributed by atoms with Gasteiger partial charge >= 0.3 is 0 Å². The maximum Gasteiger partial charge on any atom is 0.0705 e. The van der Waals surface area contributed by atoms with Gasteiger partial charge in [0, 0.05) is 42.8 Å². The number of fused-ring (bicyclic) bond motifs is 1. The lowest BCUT2D eigenvalue weighted by Gasteiger charge is -2.31. The van der Waals surface area contributed by atoms with Gasteiger partial charge in [0.2, 0.25) is 0 Å². The largest absolute Gasteiger partial charge is 0.392 e. The van der Waals surface area contributed by atoms with Gasteiger partial charge in [-0.2, -0.15) is 0 Å². The first kappa shape index (κ1) is 19.6. The van der Waals surface area contributed by atoms with Gasteiger partial charge in [0.15, 0.2) is 0 Å². The zero-order chi connectivity index (χ0) is 20.4. The van der Waals surface area contributed by atoms with Crippen LogP contribution >= 0.6 is 0 Å². The Morgan fingerprint density at radius 1 is 1.14 bits per heavy atom. The molecule has 0 saturated heterocycles. The molecule has 2 heterocycles. The molecule has 0 amide bonds. The normalized spacial score (nSPS) is 15.0. The summed E-state index contributed by atoms with van der Waals surface area (Å²) in [5.41, 5.74) is 9.51. The van der Waals surface area contributed by atoms with Crippen LogP contribution in [-0.4, -0.2) is 34.2 Å². The first-order valence-corrected chi connectivity index (χ1v) is 10.3. The van der Waals surface area contributed by atoms with Crippen molar-refractivity contribution in [3.63, 3.8) is 0 Å². The van der Waals surface area contributed by atoms with Gasteiger partial charge in [0.1, 0.15) is 0 Å². The van der Waals surface area contributed by atoms with Crippen molar-refractivity contribution in [2.75, 3.05) is 18.4 Å². The van der Waals surface area contributed by atoms with E-state index in [-0.39, 0.29) is 6.10 Å². The molecule has 1 aliphatic heterocycles. The number of β-amino-alcohol motifs (C(OH)–C–C–N with tert-alkyl or cyclic N) is 1. The number of aromatic nitrogens is 1. The molecular weight excluding hydrogens is 358 g/mol. The Morgan fingerprint density at radius 2 is 2.00 bits per heavy atom. The third-order valence-electron chi connectivity index (χ3n) is 5.57. The lowest BCUT2D eigenvalue weighted by molar-refractivity contribution is 0.119. The number of pyridine rings is 1. The van der Waals surface area contributed by atoms with E-state index in [9.17, 15) is 5.11 Å². The zero-order valence-corrected chi connectivity index (χ0v) is 17.4. The van der Waals surface area contributed by atoms with Gasteiger partial charge in [0.25, 0.3) is 0 Å². The monoisotopic (exact) mass is 387 g/mol. The predicted molar refractivity (Wildman–Crippen MR) is 120 cm³/mol. The second-order valence-corrected chi connectivity index (χ2v) is 8.15. The number of aliphatic hydroxyl groups excluding tert-OH is 1. The Labute approximate surface area is 173 Å². The van der Waals surface area contributed by atoms with Gasteiger partial charge in [-0.25, -0.2) is 0 Å². The Balaban J connectivity index is 1.59. The van der Waals surface area contributed by atoms with E-state index in [4.69, 9.17) is 0 Å². The number of nitrogens with one attached hydrogen (secondary N) is 1. The fraction of sp³-hybridized carbons (Fsp3) is 0.320. The van der Waals surface area contributed by atoms with Crippen molar-refractivity contribution in [1.29, 1.82) is 0 Å². The lowest BCUT2D eigenvalue weighted by Crippen LogP contribution is -2.35. The predicted octanol–water partition coefficient (Wildman–Crippen LogP) is 4.85. The molecule has 2 aromatic carbocycles. The van der Waals surface area contributed by atoms with E-state index in [2.05, 4.69) is 77.6 Å². The molecule has 0 saturated carbocycles. The molecule has 1 aliphatic rings. The quantitative estimate of drug-likeness (QED) is 0.657. The summed E-state index contributed by atoms with van der Waals surface area (Å²) >= 11 is 0. The van der Waals surface area contributed by atoms with Crippen LogP contribution in [0.15, 0.2) is 54.7 Å². The second kappa shape index (κ2) is 8.36. The van der Waals surface area contributed by atoms with Crippen molar-refractivity contribution in [3.05, 3.63) is 77.0 Å². The molecule has 1 aromatic heterocycles. The SMILES string of the molecule is Cc1ccc(-c2cc(Nc3cccc4c3CCN(CC(C)O)C4)ccc2C)nc1. The molecule has 150 valence electrons. The maximum absolute atomic E-state index is 9.70. The number of rotatable bonds is 5. The molecule has 2 N–H and O–H groups in total. The molecule has 4 nitrogen and oxygen atoms in total. The smallest absolute Gasteiger partial charge is 0.0705 e. The summed E-state index contributed by atoms with van der Waals surface area (Å²) in [7, 11) is 0. The van der Waals surface area contributed by atoms with E-state index in [1.54, 1.807) is 0 Å². The number of aliphatic hydroxyl groups is 1. The number of hydrogen-bond acceptors (Lipinski definition) is 4. The van der Waals surface area contributed by atoms with Crippen LogP contribution in [-0.2, 0) is 13.0 Å². The average Bonchev–Trinajstić information content (AvgIpc) is 2.70. The summed E-state index contributed by atoms with van der Waals surface area (Å²) in [5.74, 6) is 0. The number of nitrogens with zero attached hydrogens (tertiary/aromatic N) is 2. The Hall–Kier alpha value is -2.69. The highest BCUT2D eigenvalue weighted by Gasteiger charge is 2.19. The Morgan fingerprint density at radius 3 is 2.76 bits per heavy atom. The van der Waals surface area contributed by atoms with Crippen LogP contribution in [0.3, 0.4) is 0 Å². The van der Waals surface area contributed by atoms with E-state index < -0.39 is 0 Å². The van der Waals surface area contributed by atoms with Crippen molar-refractivity contribution in [3.8, 4) is 11.3 Å². The molecule has 0 radical (unpaired) electrons. The number of aryl methyl sites for hydroxylation is 2. The minimum Gasteiger partial charge on any atom is -0.392 e. The second-order valence-electron chi connectivity index (χ2n) is 8.15. The van der Waals surface area contributed by atoms with Crippen LogP contribution in [0.2, 0.25) is 0 Å². The van der Waals surface area contributed by atoms with Gasteiger partial charge in [0.05, 0.1) is 11.8 Å². The van der Waals surface area contributed by atoms with E-state index in [0.717, 1.165) is 43.0 Å². The van der Waals surface area contributed by atoms with Crippen LogP contribution in [0.25, 0.3) is 11.3 Å². The molecular formula is C25H29N3O. The van der Waals surface area contributed by atoms with Crippen molar-refractivity contribution < 1.29 is 5.11 Å². The standard InChI is InChI=1S/C25H29N3O/c1-17-7-10-24(26-14-17)23-13-21(9-8-18(23)2)27-25-6-4-5-20-16-28(15-19(3)29)12-11-22(20)25/h4-10,13-14,19,27,29H,11-12,15-16H2,1-3H3. The number of hydrogen-bond donors (Lipinski definition) is 2. The van der Waals surface area contributed by atoms with Gasteiger partial charge in [-0.15, -0.1) is 0 Å². The maximum atomic E-state index is 9.70. The van der Waals surface area contributed by atoms with Crippen molar-refractivity contribution >= 4 is 11.4 Å². The van der Waals surface area contributed by atoms with Crippen LogP contribution in [0, 0.1) is 13.8 Å². The molecule has 0 spiro atoms. The molecule has 1 atom stereocenters. The van der Waals surface area contributed by atoms with E-state index >= 15 is 0 Å². The third kappa shape index (κ3) is 4.50. The molecule has 4 heteroatoms. The van der Waals surface area contributed by atoms with Crippen molar-refractivity contribution in [1.82, 2.24) is 9.88 Å². The Bertz CT molecular complexity index is 995. The highest BCUT2D eigenvalue weighted by atomic mass is 16.3. The first-order valence-electron chi connectivity index (χ1n) is 10.3. The van der Waals surface area contributed by atoms with E-state index in [0.29, 0.717) is 0 Å². The first-order chi connectivity index (χ1) is 14.0. The third-order valence-corrected chi connectivity index (χ3v) is 5.57. The van der Waals surface area contributed by atoms with Crippen molar-refractivity contribution in [2.45, 2.75) is 39.8 Å². The van der Waals surface area contributed by atoms with Gasteiger partial charge < -0.3 is 10.4 Å². The molecule has 3 aromatic rings. The summed E-state index contributed by atoms with van der Waals surface area (Å²) in [4.78, 5) is 6.93. The van der Waals surface area contributed by atoms with Gasteiger partial charge in [-0.3, -0.25) is 9.88 Å². The summed E-state index contributed by atoms with van der Waals surface area (Å²) in [6.07, 6.45) is 2.62. The van der Waals surface area contributed by atoms with E-state index in [1.807, 2.05) is 13.1 Å². The highest BCUT2D eigenvalue weighted by Crippen LogP contribution is 2.31. The summed E-state index contributed by atoms with van der Waals surface area (Å²) in [6.45, 7) is 8.63. The average molecular weight is 388 g/mol. The summed E-state index contributed by atoms with van der Waals surface area (Å²) in [5, 5.41) is 13.3. The summed E-state index contributed by atoms with van der Waals surface area (Å²) < 4.78 is 0. The molecule has 1 unspecified atom stereocenters. The van der Waals surface area contributed by atoms with Gasteiger partial charge in [-0.05, 0) is 73.7 Å². The molecule has 4 rings (SSSR count). The lowest BCUT2D eigenvalue weighted by atomic mass is 9.97. The van der Waals surface area contributed by atoms with Crippen LogP contribution < -0.4 is 5.32 Å². The van der Waals surface area contributed by atoms with Crippen LogP contribution in [0.4, 0.5) is 11.4 Å². The van der Waals surface area contributed by atoms with E-state index in [1.165, 1.54) is 27.9 Å². The number of anilines is 2. The Kier molecular flexibility index (Phi) is 5.65. The molecule has 29 heavy (non-hydrogen) atoms. The zero-order valence-electron chi connectivity index (χ0n) is 17.4. The molecule has 0 fully saturated rings. The number of benzene rings is 2. The van der Waals surface area contributed by atoms with Crippen molar-refractivity contribution in [2.24, 2.45) is 0 Å². The topological polar surface area (TPSA) is 48.4 Å². The molecule has 0 aliphatic carbocycles. The van der Waals surface area contributed by atoms with Gasteiger partial charge in [-0.1, -0.05) is 24.3 Å². The minimum absolute atomic E-state index is 0.292. The summed E-state index contributed by atoms with van der Waals surface area (Å²) in [6, 6.07) is 17.1. The highest BCUT2D eigenvalue weighted by molar-refractivity contribution is 5.73. The van der Waals surface area contributed by atoms with Crippen LogP contribution in [0.5, 0.6) is 0 Å². The van der Waals surface area contributed by atoms with Crippen LogP contribution in [0.1, 0.15) is 29.2 Å².